The fourth-order valence-corrected chi connectivity index (χ4v) is 2.93. The molecule has 8 heteroatoms. The number of rotatable bonds is 8. The highest BCUT2D eigenvalue weighted by Gasteiger charge is 2.20. The van der Waals surface area contributed by atoms with E-state index in [9.17, 15) is 9.59 Å². The Hall–Kier alpha value is -2.90. The summed E-state index contributed by atoms with van der Waals surface area (Å²) in [6.45, 7) is 4.08. The van der Waals surface area contributed by atoms with Crippen LogP contribution in [0.1, 0.15) is 42.2 Å². The average molecular weight is 356 g/mol. The van der Waals surface area contributed by atoms with Crippen molar-refractivity contribution in [3.8, 4) is 0 Å². The van der Waals surface area contributed by atoms with Gasteiger partial charge in [-0.15, -0.1) is 10.2 Å². The fraction of sp³-hybridized carbons (Fsp3) is 0.444. The van der Waals surface area contributed by atoms with Gasteiger partial charge in [-0.2, -0.15) is 5.21 Å². The number of carbonyl (C=O) groups excluding carboxylic acids is 2. The lowest BCUT2D eigenvalue weighted by Gasteiger charge is -2.15. The molecule has 0 aliphatic carbocycles. The zero-order valence-corrected chi connectivity index (χ0v) is 14.9. The molecular weight excluding hydrogens is 332 g/mol. The number of nitrogens with zero attached hydrogens (tertiary/aromatic N) is 3. The Balaban J connectivity index is 1.50. The molecular formula is C18H24N6O2. The molecule has 1 aromatic carbocycles. The maximum absolute atomic E-state index is 12.3. The van der Waals surface area contributed by atoms with Gasteiger partial charge in [-0.05, 0) is 37.0 Å². The van der Waals surface area contributed by atoms with Gasteiger partial charge in [-0.25, -0.2) is 0 Å². The maximum Gasteiger partial charge on any atom is 0.275 e. The molecule has 138 valence electrons. The molecule has 1 aromatic heterocycles. The van der Waals surface area contributed by atoms with Crippen LogP contribution in [0.5, 0.6) is 0 Å². The molecule has 2 aromatic rings. The molecule has 1 aliphatic heterocycles. The minimum Gasteiger partial charge on any atom is -0.350 e. The SMILES string of the molecule is CCc1ccc(Nc2n[nH]nc2C(=O)NCCCN2CCCC2=O)cc1. The number of hydrogen-bond acceptors (Lipinski definition) is 5. The number of H-pyrrole nitrogens is 1. The van der Waals surface area contributed by atoms with Crippen LogP contribution in [0, 0.1) is 0 Å². The van der Waals surface area contributed by atoms with Crippen LogP contribution in [-0.4, -0.2) is 51.8 Å². The van der Waals surface area contributed by atoms with Crippen molar-refractivity contribution in [1.82, 2.24) is 25.6 Å². The lowest BCUT2D eigenvalue weighted by Crippen LogP contribution is -2.31. The van der Waals surface area contributed by atoms with Gasteiger partial charge in [0.25, 0.3) is 5.91 Å². The Morgan fingerprint density at radius 3 is 2.77 bits per heavy atom. The molecule has 1 saturated heterocycles. The third-order valence-electron chi connectivity index (χ3n) is 4.45. The molecule has 3 N–H and O–H groups in total. The summed E-state index contributed by atoms with van der Waals surface area (Å²) in [5.41, 5.74) is 2.31. The molecule has 2 heterocycles. The first-order valence-corrected chi connectivity index (χ1v) is 9.00. The van der Waals surface area contributed by atoms with E-state index in [0.717, 1.165) is 31.5 Å². The quantitative estimate of drug-likeness (QED) is 0.627. The first-order valence-electron chi connectivity index (χ1n) is 9.00. The van der Waals surface area contributed by atoms with Crippen LogP contribution in [0.15, 0.2) is 24.3 Å². The van der Waals surface area contributed by atoms with Gasteiger partial charge in [0.15, 0.2) is 11.5 Å². The lowest BCUT2D eigenvalue weighted by molar-refractivity contribution is -0.127. The Bertz CT molecular complexity index is 755. The van der Waals surface area contributed by atoms with E-state index in [0.29, 0.717) is 25.3 Å². The molecule has 0 bridgehead atoms. The van der Waals surface area contributed by atoms with Crippen molar-refractivity contribution < 1.29 is 9.59 Å². The molecule has 3 rings (SSSR count). The van der Waals surface area contributed by atoms with Crippen LogP contribution in [0.25, 0.3) is 0 Å². The first-order chi connectivity index (χ1) is 12.7. The number of aromatic amines is 1. The highest BCUT2D eigenvalue weighted by Crippen LogP contribution is 2.17. The van der Waals surface area contributed by atoms with Gasteiger partial charge < -0.3 is 15.5 Å². The van der Waals surface area contributed by atoms with Gasteiger partial charge >= 0.3 is 0 Å². The monoisotopic (exact) mass is 356 g/mol. The summed E-state index contributed by atoms with van der Waals surface area (Å²) < 4.78 is 0. The number of aromatic nitrogens is 3. The van der Waals surface area contributed by atoms with Crippen molar-refractivity contribution in [3.05, 3.63) is 35.5 Å². The molecule has 8 nitrogen and oxygen atoms in total. The number of nitrogens with one attached hydrogen (secondary N) is 3. The predicted molar refractivity (Wildman–Crippen MR) is 98.2 cm³/mol. The van der Waals surface area contributed by atoms with E-state index in [2.05, 4.69) is 33.0 Å². The van der Waals surface area contributed by atoms with E-state index in [-0.39, 0.29) is 17.5 Å². The Morgan fingerprint density at radius 2 is 2.08 bits per heavy atom. The number of hydrogen-bond donors (Lipinski definition) is 3. The van der Waals surface area contributed by atoms with Gasteiger partial charge in [0, 0.05) is 31.7 Å². The van der Waals surface area contributed by atoms with Gasteiger partial charge in [-0.1, -0.05) is 19.1 Å². The predicted octanol–water partition coefficient (Wildman–Crippen LogP) is 1.85. The molecule has 0 unspecified atom stereocenters. The van der Waals surface area contributed by atoms with Gasteiger partial charge in [-0.3, -0.25) is 9.59 Å². The number of amides is 2. The number of aryl methyl sites for hydroxylation is 1. The minimum atomic E-state index is -0.292. The number of carbonyl (C=O) groups is 2. The van der Waals surface area contributed by atoms with Crippen molar-refractivity contribution in [1.29, 1.82) is 0 Å². The van der Waals surface area contributed by atoms with Gasteiger partial charge in [0.2, 0.25) is 5.91 Å². The molecule has 0 saturated carbocycles. The smallest absolute Gasteiger partial charge is 0.275 e. The third-order valence-corrected chi connectivity index (χ3v) is 4.45. The van der Waals surface area contributed by atoms with E-state index >= 15 is 0 Å². The largest absolute Gasteiger partial charge is 0.350 e. The second kappa shape index (κ2) is 8.46. The van der Waals surface area contributed by atoms with E-state index in [1.165, 1.54) is 5.56 Å². The van der Waals surface area contributed by atoms with E-state index in [4.69, 9.17) is 0 Å². The van der Waals surface area contributed by atoms with Crippen LogP contribution in [0.4, 0.5) is 11.5 Å². The van der Waals surface area contributed by atoms with Crippen molar-refractivity contribution in [2.75, 3.05) is 25.0 Å². The zero-order valence-electron chi connectivity index (χ0n) is 14.9. The number of anilines is 2. The highest BCUT2D eigenvalue weighted by molar-refractivity contribution is 5.97. The van der Waals surface area contributed by atoms with E-state index < -0.39 is 0 Å². The summed E-state index contributed by atoms with van der Waals surface area (Å²) in [5.74, 6) is 0.300. The number of likely N-dealkylation sites (tertiary alicyclic amines) is 1. The zero-order chi connectivity index (χ0) is 18.4. The molecule has 26 heavy (non-hydrogen) atoms. The summed E-state index contributed by atoms with van der Waals surface area (Å²) in [4.78, 5) is 25.7. The van der Waals surface area contributed by atoms with Crippen molar-refractivity contribution in [2.45, 2.75) is 32.6 Å². The maximum atomic E-state index is 12.3. The minimum absolute atomic E-state index is 0.202. The molecule has 1 aliphatic rings. The van der Waals surface area contributed by atoms with Crippen molar-refractivity contribution in [3.63, 3.8) is 0 Å². The molecule has 2 amide bonds. The third kappa shape index (κ3) is 4.38. The molecule has 0 spiro atoms. The first kappa shape index (κ1) is 17.9. The topological polar surface area (TPSA) is 103 Å². The van der Waals surface area contributed by atoms with E-state index in [1.54, 1.807) is 0 Å². The summed E-state index contributed by atoms with van der Waals surface area (Å²) in [7, 11) is 0. The van der Waals surface area contributed by atoms with Gasteiger partial charge in [0.05, 0.1) is 0 Å². The number of benzene rings is 1. The second-order valence-electron chi connectivity index (χ2n) is 6.29. The molecule has 0 atom stereocenters. The standard InChI is InChI=1S/C18H24N6O2/c1-2-13-6-8-14(9-7-13)20-17-16(21-23-22-17)18(26)19-10-4-12-24-11-3-5-15(24)25/h6-9H,2-5,10-12H2,1H3,(H,19,26)(H2,20,21,22,23). The van der Waals surface area contributed by atoms with Crippen LogP contribution in [0.2, 0.25) is 0 Å². The Kier molecular flexibility index (Phi) is 5.83. The lowest BCUT2D eigenvalue weighted by atomic mass is 10.1. The second-order valence-corrected chi connectivity index (χ2v) is 6.29. The van der Waals surface area contributed by atoms with Gasteiger partial charge in [0.1, 0.15) is 0 Å². The summed E-state index contributed by atoms with van der Waals surface area (Å²) in [6, 6.07) is 7.95. The van der Waals surface area contributed by atoms with Crippen molar-refractivity contribution in [2.24, 2.45) is 0 Å². The van der Waals surface area contributed by atoms with Crippen LogP contribution >= 0.6 is 0 Å². The van der Waals surface area contributed by atoms with Crippen molar-refractivity contribution >= 4 is 23.3 Å². The van der Waals surface area contributed by atoms with Crippen LogP contribution in [-0.2, 0) is 11.2 Å². The Morgan fingerprint density at radius 1 is 1.27 bits per heavy atom. The summed E-state index contributed by atoms with van der Waals surface area (Å²) in [6.07, 6.45) is 3.26. The normalized spacial score (nSPS) is 13.9. The molecule has 0 radical (unpaired) electrons. The van der Waals surface area contributed by atoms with Crippen LogP contribution in [0.3, 0.4) is 0 Å². The summed E-state index contributed by atoms with van der Waals surface area (Å²) >= 11 is 0. The van der Waals surface area contributed by atoms with Crippen LogP contribution < -0.4 is 10.6 Å². The van der Waals surface area contributed by atoms with E-state index in [1.807, 2.05) is 29.2 Å². The highest BCUT2D eigenvalue weighted by atomic mass is 16.2. The Labute approximate surface area is 152 Å². The molecule has 1 fully saturated rings. The summed E-state index contributed by atoms with van der Waals surface area (Å²) in [5, 5.41) is 16.4. The average Bonchev–Trinajstić information content (AvgIpc) is 3.28. The fourth-order valence-electron chi connectivity index (χ4n) is 2.93.